The Bertz CT molecular complexity index is 373. The first-order chi connectivity index (χ1) is 8.34. The van der Waals surface area contributed by atoms with Crippen LogP contribution in [0.15, 0.2) is 0 Å². The van der Waals surface area contributed by atoms with Gasteiger partial charge in [0.1, 0.15) is 0 Å². The molecule has 7 heteroatoms. The quantitative estimate of drug-likeness (QED) is 0.628. The second kappa shape index (κ2) is 6.49. The molecule has 1 rings (SSSR count). The van der Waals surface area contributed by atoms with Gasteiger partial charge in [0.2, 0.25) is 15.9 Å². The maximum absolute atomic E-state index is 11.9. The standard InChI is InChI=1S/C11H23N3O3S/c1-8-6-9(2)14-10(7-8)11(15)13-4-5-18(16,17)12-3/h8-10,12,14H,4-7H2,1-3H3,(H,13,15). The topological polar surface area (TPSA) is 87.3 Å². The van der Waals surface area contributed by atoms with Crippen LogP contribution in [0.1, 0.15) is 26.7 Å². The third-order valence-electron chi connectivity index (χ3n) is 3.18. The summed E-state index contributed by atoms with van der Waals surface area (Å²) in [6.07, 6.45) is 1.87. The van der Waals surface area contributed by atoms with Crippen LogP contribution in [0.2, 0.25) is 0 Å². The Hall–Kier alpha value is -0.660. The van der Waals surface area contributed by atoms with E-state index in [4.69, 9.17) is 0 Å². The van der Waals surface area contributed by atoms with Gasteiger partial charge in [0.25, 0.3) is 0 Å². The molecule has 0 bridgehead atoms. The fourth-order valence-corrected chi connectivity index (χ4v) is 2.87. The van der Waals surface area contributed by atoms with Gasteiger partial charge in [-0.2, -0.15) is 0 Å². The molecule has 1 aliphatic heterocycles. The van der Waals surface area contributed by atoms with Crippen molar-refractivity contribution in [2.24, 2.45) is 5.92 Å². The van der Waals surface area contributed by atoms with Gasteiger partial charge in [-0.25, -0.2) is 13.1 Å². The van der Waals surface area contributed by atoms with E-state index in [1.165, 1.54) is 7.05 Å². The summed E-state index contributed by atoms with van der Waals surface area (Å²) < 4.78 is 24.6. The van der Waals surface area contributed by atoms with Gasteiger partial charge in [-0.05, 0) is 32.7 Å². The van der Waals surface area contributed by atoms with Crippen molar-refractivity contribution < 1.29 is 13.2 Å². The lowest BCUT2D eigenvalue weighted by molar-refractivity contribution is -0.124. The normalized spacial score (nSPS) is 28.9. The summed E-state index contributed by atoms with van der Waals surface area (Å²) in [5.74, 6) is 0.310. The Morgan fingerprint density at radius 1 is 1.33 bits per heavy atom. The molecule has 3 atom stereocenters. The van der Waals surface area contributed by atoms with Crippen LogP contribution in [0.3, 0.4) is 0 Å². The minimum atomic E-state index is -3.25. The van der Waals surface area contributed by atoms with Gasteiger partial charge in [-0.3, -0.25) is 4.79 Å². The van der Waals surface area contributed by atoms with Crippen molar-refractivity contribution in [3.8, 4) is 0 Å². The molecule has 0 aliphatic carbocycles. The van der Waals surface area contributed by atoms with Crippen LogP contribution in [0.4, 0.5) is 0 Å². The first-order valence-corrected chi connectivity index (χ1v) is 7.94. The first kappa shape index (κ1) is 15.4. The van der Waals surface area contributed by atoms with Crippen LogP contribution < -0.4 is 15.4 Å². The molecule has 0 radical (unpaired) electrons. The second-order valence-electron chi connectivity index (χ2n) is 5.01. The van der Waals surface area contributed by atoms with Crippen molar-refractivity contribution in [3.05, 3.63) is 0 Å². The van der Waals surface area contributed by atoms with Crippen LogP contribution in [0.25, 0.3) is 0 Å². The van der Waals surface area contributed by atoms with Crippen molar-refractivity contribution in [2.75, 3.05) is 19.3 Å². The highest BCUT2D eigenvalue weighted by Crippen LogP contribution is 2.19. The summed E-state index contributed by atoms with van der Waals surface area (Å²) in [5.41, 5.74) is 0. The van der Waals surface area contributed by atoms with E-state index in [1.54, 1.807) is 0 Å². The molecule has 3 unspecified atom stereocenters. The lowest BCUT2D eigenvalue weighted by atomic mass is 9.89. The zero-order chi connectivity index (χ0) is 13.8. The van der Waals surface area contributed by atoms with E-state index in [1.807, 2.05) is 0 Å². The molecule has 3 N–H and O–H groups in total. The molecule has 106 valence electrons. The highest BCUT2D eigenvalue weighted by Gasteiger charge is 2.28. The van der Waals surface area contributed by atoms with Crippen molar-refractivity contribution >= 4 is 15.9 Å². The highest BCUT2D eigenvalue weighted by atomic mass is 32.2. The average Bonchev–Trinajstić information content (AvgIpc) is 2.27. The minimum Gasteiger partial charge on any atom is -0.354 e. The Balaban J connectivity index is 2.37. The number of rotatable bonds is 5. The van der Waals surface area contributed by atoms with E-state index < -0.39 is 10.0 Å². The van der Waals surface area contributed by atoms with Crippen molar-refractivity contribution in [1.82, 2.24) is 15.4 Å². The molecule has 1 heterocycles. The number of piperidine rings is 1. The number of sulfonamides is 1. The van der Waals surface area contributed by atoms with Crippen LogP contribution in [-0.4, -0.2) is 45.8 Å². The van der Waals surface area contributed by atoms with Crippen LogP contribution >= 0.6 is 0 Å². The predicted molar refractivity (Wildman–Crippen MR) is 70.6 cm³/mol. The van der Waals surface area contributed by atoms with E-state index in [-0.39, 0.29) is 24.2 Å². The maximum atomic E-state index is 11.9. The molecule has 0 aromatic rings. The first-order valence-electron chi connectivity index (χ1n) is 6.29. The Kier molecular flexibility index (Phi) is 5.55. The average molecular weight is 277 g/mol. The molecular formula is C11H23N3O3S. The second-order valence-corrected chi connectivity index (χ2v) is 7.06. The van der Waals surface area contributed by atoms with Gasteiger partial charge in [0.15, 0.2) is 0 Å². The van der Waals surface area contributed by atoms with Gasteiger partial charge in [-0.15, -0.1) is 0 Å². The maximum Gasteiger partial charge on any atom is 0.237 e. The number of nitrogens with one attached hydrogen (secondary N) is 3. The molecule has 0 aromatic carbocycles. The molecule has 0 aromatic heterocycles. The van der Waals surface area contributed by atoms with E-state index in [0.717, 1.165) is 12.8 Å². The van der Waals surface area contributed by atoms with Crippen LogP contribution in [0, 0.1) is 5.92 Å². The number of carbonyl (C=O) groups is 1. The monoisotopic (exact) mass is 277 g/mol. The van der Waals surface area contributed by atoms with E-state index in [9.17, 15) is 13.2 Å². The number of hydrogen-bond donors (Lipinski definition) is 3. The summed E-state index contributed by atoms with van der Waals surface area (Å²) in [6.45, 7) is 4.33. The third-order valence-corrected chi connectivity index (χ3v) is 4.54. The summed E-state index contributed by atoms with van der Waals surface area (Å²) in [6, 6.07) is 0.117. The van der Waals surface area contributed by atoms with Crippen molar-refractivity contribution in [1.29, 1.82) is 0 Å². The SMILES string of the molecule is CNS(=O)(=O)CCNC(=O)C1CC(C)CC(C)N1. The molecule has 1 saturated heterocycles. The number of carbonyl (C=O) groups excluding carboxylic acids is 1. The molecule has 18 heavy (non-hydrogen) atoms. The largest absolute Gasteiger partial charge is 0.354 e. The Morgan fingerprint density at radius 3 is 2.56 bits per heavy atom. The van der Waals surface area contributed by atoms with E-state index in [0.29, 0.717) is 12.0 Å². The molecule has 1 amide bonds. The fraction of sp³-hybridized carbons (Fsp3) is 0.909. The Labute approximate surface area is 109 Å². The lowest BCUT2D eigenvalue weighted by Gasteiger charge is -2.32. The predicted octanol–water partition coefficient (Wildman–Crippen LogP) is -0.572. The van der Waals surface area contributed by atoms with Crippen molar-refractivity contribution in [2.45, 2.75) is 38.8 Å². The van der Waals surface area contributed by atoms with Crippen LogP contribution in [0.5, 0.6) is 0 Å². The summed E-state index contributed by atoms with van der Waals surface area (Å²) >= 11 is 0. The highest BCUT2D eigenvalue weighted by molar-refractivity contribution is 7.89. The van der Waals surface area contributed by atoms with Gasteiger partial charge in [0, 0.05) is 12.6 Å². The molecule has 1 aliphatic rings. The fourth-order valence-electron chi connectivity index (χ4n) is 2.30. The van der Waals surface area contributed by atoms with Crippen LogP contribution in [-0.2, 0) is 14.8 Å². The molecule has 0 saturated carbocycles. The molecule has 6 nitrogen and oxygen atoms in total. The lowest BCUT2D eigenvalue weighted by Crippen LogP contribution is -2.52. The van der Waals surface area contributed by atoms with Crippen molar-refractivity contribution in [3.63, 3.8) is 0 Å². The molecular weight excluding hydrogens is 254 g/mol. The smallest absolute Gasteiger partial charge is 0.237 e. The summed E-state index contributed by atoms with van der Waals surface area (Å²) in [4.78, 5) is 11.9. The minimum absolute atomic E-state index is 0.0902. The summed E-state index contributed by atoms with van der Waals surface area (Å²) in [7, 11) is -1.89. The van der Waals surface area contributed by atoms with Gasteiger partial charge >= 0.3 is 0 Å². The van der Waals surface area contributed by atoms with Gasteiger partial charge < -0.3 is 10.6 Å². The number of amides is 1. The van der Waals surface area contributed by atoms with Gasteiger partial charge in [0.05, 0.1) is 11.8 Å². The zero-order valence-electron chi connectivity index (χ0n) is 11.2. The van der Waals surface area contributed by atoms with E-state index in [2.05, 4.69) is 29.2 Å². The third kappa shape index (κ3) is 4.91. The van der Waals surface area contributed by atoms with Gasteiger partial charge in [-0.1, -0.05) is 6.92 Å². The van der Waals surface area contributed by atoms with E-state index >= 15 is 0 Å². The molecule has 1 fully saturated rings. The Morgan fingerprint density at radius 2 is 2.00 bits per heavy atom. The zero-order valence-corrected chi connectivity index (χ0v) is 12.0. The summed E-state index contributed by atoms with van der Waals surface area (Å²) in [5, 5.41) is 5.89. The molecule has 0 spiro atoms. The number of hydrogen-bond acceptors (Lipinski definition) is 4.